The molecule has 0 unspecified atom stereocenters. The van der Waals surface area contributed by atoms with Gasteiger partial charge in [0.15, 0.2) is 11.5 Å². The van der Waals surface area contributed by atoms with Gasteiger partial charge in [-0.3, -0.25) is 5.43 Å². The lowest BCUT2D eigenvalue weighted by atomic mass is 10.2. The van der Waals surface area contributed by atoms with E-state index in [2.05, 4.69) is 26.4 Å². The molecule has 0 bridgehead atoms. The Labute approximate surface area is 114 Å². The first-order valence-electron chi connectivity index (χ1n) is 5.97. The number of ether oxygens (including phenoxy) is 3. The van der Waals surface area contributed by atoms with Crippen LogP contribution in [0.25, 0.3) is 0 Å². The summed E-state index contributed by atoms with van der Waals surface area (Å²) < 4.78 is 17.1. The third kappa shape index (κ3) is 2.61. The number of nitrogens with one attached hydrogen (secondary N) is 1. The number of hydrogen-bond acceptors (Lipinski definition) is 5. The van der Waals surface area contributed by atoms with E-state index in [1.807, 2.05) is 12.1 Å². The van der Waals surface area contributed by atoms with Crippen LogP contribution in [0.5, 0.6) is 11.5 Å². The summed E-state index contributed by atoms with van der Waals surface area (Å²) in [7, 11) is 0. The van der Waals surface area contributed by atoms with Crippen molar-refractivity contribution in [2.24, 2.45) is 0 Å². The summed E-state index contributed by atoms with van der Waals surface area (Å²) in [6, 6.07) is 3.97. The zero-order valence-electron chi connectivity index (χ0n) is 9.95. The van der Waals surface area contributed by atoms with Gasteiger partial charge in [-0.1, -0.05) is 15.9 Å². The average Bonchev–Trinajstić information content (AvgIpc) is 2.84. The molecule has 1 saturated heterocycles. The summed E-state index contributed by atoms with van der Waals surface area (Å²) in [6.45, 7) is 4.48. The molecule has 0 radical (unpaired) electrons. The molecule has 98 valence electrons. The van der Waals surface area contributed by atoms with Gasteiger partial charge in [-0.15, -0.1) is 0 Å². The molecule has 3 rings (SSSR count). The number of hydrogen-bond donors (Lipinski definition) is 1. The molecule has 5 nitrogen and oxygen atoms in total. The largest absolute Gasteiger partial charge is 0.454 e. The summed E-state index contributed by atoms with van der Waals surface area (Å²) in [5.74, 6) is 1.62. The monoisotopic (exact) mass is 314 g/mol. The summed E-state index contributed by atoms with van der Waals surface area (Å²) in [5, 5.41) is 2.18. The van der Waals surface area contributed by atoms with Gasteiger partial charge in [-0.2, -0.15) is 0 Å². The molecule has 2 aliphatic rings. The molecule has 1 fully saturated rings. The Bertz CT molecular complexity index is 436. The lowest BCUT2D eigenvalue weighted by Crippen LogP contribution is -2.45. The average molecular weight is 315 g/mol. The fraction of sp³-hybridized carbons (Fsp3) is 0.500. The van der Waals surface area contributed by atoms with Crippen LogP contribution in [0.15, 0.2) is 16.6 Å². The van der Waals surface area contributed by atoms with Gasteiger partial charge in [0.1, 0.15) is 0 Å². The highest BCUT2D eigenvalue weighted by Gasteiger charge is 2.17. The minimum Gasteiger partial charge on any atom is -0.454 e. The first-order valence-corrected chi connectivity index (χ1v) is 6.76. The van der Waals surface area contributed by atoms with Gasteiger partial charge in [0.05, 0.1) is 13.2 Å². The normalized spacial score (nSPS) is 19.2. The highest BCUT2D eigenvalue weighted by atomic mass is 79.9. The van der Waals surface area contributed by atoms with Crippen LogP contribution in [0.3, 0.4) is 0 Å². The van der Waals surface area contributed by atoms with E-state index in [0.29, 0.717) is 6.79 Å². The molecular formula is C12H15BrN2O3. The van der Waals surface area contributed by atoms with Gasteiger partial charge in [-0.25, -0.2) is 5.01 Å². The molecule has 1 aromatic carbocycles. The van der Waals surface area contributed by atoms with E-state index in [1.165, 1.54) is 0 Å². The Morgan fingerprint density at radius 1 is 1.17 bits per heavy atom. The molecule has 18 heavy (non-hydrogen) atoms. The fourth-order valence-corrected chi connectivity index (χ4v) is 2.48. The van der Waals surface area contributed by atoms with E-state index < -0.39 is 0 Å². The van der Waals surface area contributed by atoms with E-state index in [9.17, 15) is 0 Å². The van der Waals surface area contributed by atoms with Crippen molar-refractivity contribution >= 4 is 15.9 Å². The maximum atomic E-state index is 5.38. The van der Waals surface area contributed by atoms with Gasteiger partial charge >= 0.3 is 0 Å². The molecule has 1 aromatic rings. The van der Waals surface area contributed by atoms with Crippen molar-refractivity contribution in [2.75, 3.05) is 33.1 Å². The van der Waals surface area contributed by atoms with E-state index >= 15 is 0 Å². The van der Waals surface area contributed by atoms with Gasteiger partial charge in [0, 0.05) is 24.1 Å². The number of morpholine rings is 1. The Hall–Kier alpha value is -0.820. The summed E-state index contributed by atoms with van der Waals surface area (Å²) in [5.41, 5.74) is 4.55. The van der Waals surface area contributed by atoms with E-state index in [4.69, 9.17) is 14.2 Å². The smallest absolute Gasteiger partial charge is 0.231 e. The third-order valence-electron chi connectivity index (χ3n) is 3.05. The minimum atomic E-state index is 0.308. The van der Waals surface area contributed by atoms with Crippen LogP contribution in [-0.2, 0) is 11.3 Å². The van der Waals surface area contributed by atoms with Gasteiger partial charge < -0.3 is 14.2 Å². The standard InChI is InChI=1S/C12H15BrN2O3/c13-10-6-12-11(17-8-18-12)5-9(10)7-14-15-1-3-16-4-2-15/h5-6,14H,1-4,7-8H2. The highest BCUT2D eigenvalue weighted by Crippen LogP contribution is 2.36. The third-order valence-corrected chi connectivity index (χ3v) is 3.78. The number of nitrogens with zero attached hydrogens (tertiary/aromatic N) is 1. The topological polar surface area (TPSA) is 43.0 Å². The van der Waals surface area contributed by atoms with Crippen molar-refractivity contribution in [2.45, 2.75) is 6.54 Å². The summed E-state index contributed by atoms with van der Waals surface area (Å²) in [4.78, 5) is 0. The molecule has 0 aliphatic carbocycles. The van der Waals surface area contributed by atoms with Crippen molar-refractivity contribution < 1.29 is 14.2 Å². The summed E-state index contributed by atoms with van der Waals surface area (Å²) >= 11 is 3.56. The van der Waals surface area contributed by atoms with Crippen molar-refractivity contribution in [1.29, 1.82) is 0 Å². The molecule has 0 aromatic heterocycles. The SMILES string of the molecule is Brc1cc2c(cc1CNN1CCOCC1)OCO2. The van der Waals surface area contributed by atoms with Crippen molar-refractivity contribution in [3.05, 3.63) is 22.2 Å². The molecule has 0 spiro atoms. The quantitative estimate of drug-likeness (QED) is 0.916. The molecule has 0 saturated carbocycles. The fourth-order valence-electron chi connectivity index (χ4n) is 2.01. The Morgan fingerprint density at radius 2 is 1.89 bits per heavy atom. The zero-order chi connectivity index (χ0) is 12.4. The Morgan fingerprint density at radius 3 is 2.67 bits per heavy atom. The number of hydrazine groups is 1. The highest BCUT2D eigenvalue weighted by molar-refractivity contribution is 9.10. The number of fused-ring (bicyclic) bond motifs is 1. The minimum absolute atomic E-state index is 0.308. The second-order valence-electron chi connectivity index (χ2n) is 4.23. The lowest BCUT2D eigenvalue weighted by Gasteiger charge is -2.27. The van der Waals surface area contributed by atoms with E-state index in [-0.39, 0.29) is 0 Å². The van der Waals surface area contributed by atoms with Crippen LogP contribution in [0.1, 0.15) is 5.56 Å². The zero-order valence-corrected chi connectivity index (χ0v) is 11.5. The Balaban J connectivity index is 1.65. The summed E-state index contributed by atoms with van der Waals surface area (Å²) in [6.07, 6.45) is 0. The van der Waals surface area contributed by atoms with Gasteiger partial charge in [0.25, 0.3) is 0 Å². The molecule has 0 atom stereocenters. The first kappa shape index (κ1) is 12.2. The van der Waals surface area contributed by atoms with Gasteiger partial charge in [0.2, 0.25) is 6.79 Å². The van der Waals surface area contributed by atoms with Crippen LogP contribution >= 0.6 is 15.9 Å². The van der Waals surface area contributed by atoms with E-state index in [1.54, 1.807) is 0 Å². The maximum absolute atomic E-state index is 5.38. The van der Waals surface area contributed by atoms with Gasteiger partial charge in [-0.05, 0) is 17.7 Å². The maximum Gasteiger partial charge on any atom is 0.231 e. The molecule has 0 amide bonds. The predicted molar refractivity (Wildman–Crippen MR) is 69.5 cm³/mol. The first-order chi connectivity index (χ1) is 8.83. The second-order valence-corrected chi connectivity index (χ2v) is 5.09. The van der Waals surface area contributed by atoms with Crippen LogP contribution in [-0.4, -0.2) is 38.1 Å². The van der Waals surface area contributed by atoms with Crippen LogP contribution in [0, 0.1) is 0 Å². The Kier molecular flexibility index (Phi) is 3.69. The number of benzene rings is 1. The molecule has 6 heteroatoms. The molecular weight excluding hydrogens is 300 g/mol. The molecule has 1 N–H and O–H groups in total. The van der Waals surface area contributed by atoms with Crippen LogP contribution < -0.4 is 14.9 Å². The molecule has 2 aliphatic heterocycles. The van der Waals surface area contributed by atoms with Crippen molar-refractivity contribution in [1.82, 2.24) is 10.4 Å². The number of rotatable bonds is 3. The molecule has 2 heterocycles. The number of halogens is 1. The predicted octanol–water partition coefficient (Wildman–Crippen LogP) is 1.51. The lowest BCUT2D eigenvalue weighted by molar-refractivity contribution is 0.0105. The second kappa shape index (κ2) is 5.44. The van der Waals surface area contributed by atoms with Crippen molar-refractivity contribution in [3.63, 3.8) is 0 Å². The van der Waals surface area contributed by atoms with Crippen LogP contribution in [0.4, 0.5) is 0 Å². The van der Waals surface area contributed by atoms with Crippen LogP contribution in [0.2, 0.25) is 0 Å². The van der Waals surface area contributed by atoms with Crippen molar-refractivity contribution in [3.8, 4) is 11.5 Å². The van der Waals surface area contributed by atoms with E-state index in [0.717, 1.165) is 54.4 Å².